The van der Waals surface area contributed by atoms with E-state index in [1.54, 1.807) is 19.0 Å². The Morgan fingerprint density at radius 1 is 1.50 bits per heavy atom. The topological polar surface area (TPSA) is 44.7 Å². The van der Waals surface area contributed by atoms with Crippen LogP contribution in [0.4, 0.5) is 10.1 Å². The van der Waals surface area contributed by atoms with Gasteiger partial charge in [0.25, 0.3) is 5.91 Å². The molecule has 114 valence electrons. The van der Waals surface area contributed by atoms with Crippen LogP contribution >= 0.6 is 11.6 Å². The molecule has 0 radical (unpaired) electrons. The number of nitrogens with zero attached hydrogens (tertiary/aromatic N) is 2. The Kier molecular flexibility index (Phi) is 3.74. The molecule has 0 fully saturated rings. The first-order valence-corrected chi connectivity index (χ1v) is 7.31. The van der Waals surface area contributed by atoms with Crippen LogP contribution < -0.4 is 5.32 Å². The third-order valence-corrected chi connectivity index (χ3v) is 4.14. The Bertz CT molecular complexity index is 739. The second-order valence-electron chi connectivity index (χ2n) is 5.35. The number of nitrogens with one attached hydrogen (secondary N) is 1. The number of allylic oxidation sites excluding steroid dienone is 4. The molecule has 22 heavy (non-hydrogen) atoms. The number of carbonyl (C=O) groups is 1. The molecule has 1 N–H and O–H groups in total. The standard InChI is InChI=1S/C16H15ClFN3O/c1-9-7-11(17)13(8-12(9)18)19-16(22)15-10-5-3-4-6-14(10)21(2)20-15/h3-4,6-8,10H,5H2,1-2H3,(H,19,22). The van der Waals surface area contributed by atoms with Gasteiger partial charge in [-0.25, -0.2) is 4.39 Å². The third kappa shape index (κ3) is 2.52. The van der Waals surface area contributed by atoms with Crippen LogP contribution in [0.1, 0.15) is 12.0 Å². The van der Waals surface area contributed by atoms with E-state index in [0.717, 1.165) is 12.1 Å². The van der Waals surface area contributed by atoms with E-state index < -0.39 is 5.82 Å². The van der Waals surface area contributed by atoms with Crippen LogP contribution in [-0.4, -0.2) is 23.7 Å². The number of halogens is 2. The van der Waals surface area contributed by atoms with Crippen LogP contribution in [0.5, 0.6) is 0 Å². The van der Waals surface area contributed by atoms with E-state index in [1.807, 2.05) is 18.2 Å². The quantitative estimate of drug-likeness (QED) is 0.907. The summed E-state index contributed by atoms with van der Waals surface area (Å²) in [5.41, 5.74) is 2.08. The van der Waals surface area contributed by atoms with Crippen molar-refractivity contribution in [3.8, 4) is 0 Å². The van der Waals surface area contributed by atoms with Crippen molar-refractivity contribution in [1.29, 1.82) is 0 Å². The largest absolute Gasteiger partial charge is 0.319 e. The monoisotopic (exact) mass is 319 g/mol. The number of carbonyl (C=O) groups excluding carboxylic acids is 1. The van der Waals surface area contributed by atoms with E-state index in [9.17, 15) is 9.18 Å². The first kappa shape index (κ1) is 14.8. The highest BCUT2D eigenvalue weighted by molar-refractivity contribution is 6.45. The van der Waals surface area contributed by atoms with E-state index in [1.165, 1.54) is 12.1 Å². The lowest BCUT2D eigenvalue weighted by Crippen LogP contribution is -2.28. The Morgan fingerprint density at radius 2 is 2.27 bits per heavy atom. The fourth-order valence-corrected chi connectivity index (χ4v) is 2.89. The van der Waals surface area contributed by atoms with E-state index in [4.69, 9.17) is 11.6 Å². The van der Waals surface area contributed by atoms with Crippen molar-refractivity contribution in [2.75, 3.05) is 12.4 Å². The summed E-state index contributed by atoms with van der Waals surface area (Å²) in [6, 6.07) is 2.72. The average molecular weight is 320 g/mol. The minimum atomic E-state index is -0.411. The molecule has 0 bridgehead atoms. The molecule has 1 aliphatic heterocycles. The second kappa shape index (κ2) is 5.57. The van der Waals surface area contributed by atoms with Crippen LogP contribution in [0.3, 0.4) is 0 Å². The number of fused-ring (bicyclic) bond motifs is 1. The zero-order valence-electron chi connectivity index (χ0n) is 12.2. The van der Waals surface area contributed by atoms with Gasteiger partial charge in [-0.3, -0.25) is 9.80 Å². The molecule has 1 aromatic rings. The maximum Gasteiger partial charge on any atom is 0.272 e. The summed E-state index contributed by atoms with van der Waals surface area (Å²) < 4.78 is 13.7. The predicted octanol–water partition coefficient (Wildman–Crippen LogP) is 3.49. The summed E-state index contributed by atoms with van der Waals surface area (Å²) in [6.45, 7) is 1.62. The van der Waals surface area contributed by atoms with Gasteiger partial charge in [-0.1, -0.05) is 23.8 Å². The minimum absolute atomic E-state index is 0.0657. The molecule has 1 amide bonds. The molecule has 1 heterocycles. The summed E-state index contributed by atoms with van der Waals surface area (Å²) in [4.78, 5) is 12.5. The van der Waals surface area contributed by atoms with Crippen molar-refractivity contribution in [2.45, 2.75) is 13.3 Å². The molecule has 1 atom stereocenters. The van der Waals surface area contributed by atoms with Gasteiger partial charge in [0.1, 0.15) is 11.5 Å². The Labute approximate surface area is 132 Å². The first-order valence-electron chi connectivity index (χ1n) is 6.93. The van der Waals surface area contributed by atoms with Crippen molar-refractivity contribution < 1.29 is 9.18 Å². The molecule has 2 aliphatic rings. The van der Waals surface area contributed by atoms with Crippen molar-refractivity contribution >= 4 is 28.9 Å². The fourth-order valence-electron chi connectivity index (χ4n) is 2.62. The molecular formula is C16H15ClFN3O. The van der Waals surface area contributed by atoms with Gasteiger partial charge in [-0.05, 0) is 37.1 Å². The van der Waals surface area contributed by atoms with Crippen LogP contribution in [0.15, 0.2) is 41.2 Å². The molecule has 4 nitrogen and oxygen atoms in total. The molecule has 3 rings (SSSR count). The van der Waals surface area contributed by atoms with Crippen LogP contribution in [0.25, 0.3) is 0 Å². The van der Waals surface area contributed by atoms with Gasteiger partial charge in [0.05, 0.1) is 16.6 Å². The maximum absolute atomic E-state index is 13.7. The summed E-state index contributed by atoms with van der Waals surface area (Å²) in [6.07, 6.45) is 6.61. The highest BCUT2D eigenvalue weighted by Crippen LogP contribution is 2.32. The van der Waals surface area contributed by atoms with E-state index in [2.05, 4.69) is 10.4 Å². The lowest BCUT2D eigenvalue weighted by Gasteiger charge is -2.17. The smallest absolute Gasteiger partial charge is 0.272 e. The molecule has 0 aromatic heterocycles. The molecule has 1 unspecified atom stereocenters. The van der Waals surface area contributed by atoms with Gasteiger partial charge in [-0.2, -0.15) is 5.10 Å². The van der Waals surface area contributed by atoms with Gasteiger partial charge in [0.2, 0.25) is 0 Å². The maximum atomic E-state index is 13.7. The number of anilines is 1. The van der Waals surface area contributed by atoms with Crippen LogP contribution in [0.2, 0.25) is 5.02 Å². The van der Waals surface area contributed by atoms with Gasteiger partial charge < -0.3 is 5.32 Å². The zero-order chi connectivity index (χ0) is 15.9. The number of rotatable bonds is 2. The normalized spacial score (nSPS) is 19.6. The van der Waals surface area contributed by atoms with E-state index in [-0.39, 0.29) is 17.5 Å². The second-order valence-corrected chi connectivity index (χ2v) is 5.76. The van der Waals surface area contributed by atoms with Crippen LogP contribution in [0, 0.1) is 18.7 Å². The average Bonchev–Trinajstić information content (AvgIpc) is 2.83. The lowest BCUT2D eigenvalue weighted by atomic mass is 9.92. The zero-order valence-corrected chi connectivity index (χ0v) is 13.0. The van der Waals surface area contributed by atoms with Crippen molar-refractivity contribution in [2.24, 2.45) is 11.0 Å². The Balaban J connectivity index is 1.84. The van der Waals surface area contributed by atoms with E-state index in [0.29, 0.717) is 16.3 Å². The van der Waals surface area contributed by atoms with Crippen molar-refractivity contribution in [3.63, 3.8) is 0 Å². The summed E-state index contributed by atoms with van der Waals surface area (Å²) >= 11 is 6.06. The lowest BCUT2D eigenvalue weighted by molar-refractivity contribution is -0.110. The molecule has 1 aromatic carbocycles. The van der Waals surface area contributed by atoms with E-state index >= 15 is 0 Å². The minimum Gasteiger partial charge on any atom is -0.319 e. The number of hydrogen-bond acceptors (Lipinski definition) is 3. The molecule has 0 saturated heterocycles. The highest BCUT2D eigenvalue weighted by Gasteiger charge is 2.34. The third-order valence-electron chi connectivity index (χ3n) is 3.82. The Morgan fingerprint density at radius 3 is 3.05 bits per heavy atom. The summed E-state index contributed by atoms with van der Waals surface area (Å²) in [5.74, 6) is -0.837. The molecular weight excluding hydrogens is 305 g/mol. The summed E-state index contributed by atoms with van der Waals surface area (Å²) in [7, 11) is 1.80. The van der Waals surface area contributed by atoms with Crippen LogP contribution in [-0.2, 0) is 4.79 Å². The number of benzene rings is 1. The predicted molar refractivity (Wildman–Crippen MR) is 85.3 cm³/mol. The van der Waals surface area contributed by atoms with Gasteiger partial charge >= 0.3 is 0 Å². The SMILES string of the molecule is Cc1cc(Cl)c(NC(=O)C2=NN(C)C3=CC=CCC32)cc1F. The van der Waals surface area contributed by atoms with Crippen molar-refractivity contribution in [1.82, 2.24) is 5.01 Å². The summed E-state index contributed by atoms with van der Waals surface area (Å²) in [5, 5.41) is 8.94. The number of amides is 1. The molecule has 0 spiro atoms. The molecule has 0 saturated carbocycles. The van der Waals surface area contributed by atoms with Gasteiger partial charge in [0.15, 0.2) is 0 Å². The molecule has 6 heteroatoms. The molecule has 1 aliphatic carbocycles. The Hall–Kier alpha value is -2.14. The number of hydrogen-bond donors (Lipinski definition) is 1. The number of hydrazone groups is 1. The van der Waals surface area contributed by atoms with Gasteiger partial charge in [0, 0.05) is 12.7 Å². The number of aryl methyl sites for hydroxylation is 1. The fraction of sp³-hybridized carbons (Fsp3) is 0.250. The first-order chi connectivity index (χ1) is 10.5. The van der Waals surface area contributed by atoms with Crippen molar-refractivity contribution in [3.05, 3.63) is 52.5 Å². The highest BCUT2D eigenvalue weighted by atomic mass is 35.5. The van der Waals surface area contributed by atoms with Gasteiger partial charge in [-0.15, -0.1) is 0 Å².